The van der Waals surface area contributed by atoms with E-state index in [1.165, 1.54) is 5.56 Å². The predicted molar refractivity (Wildman–Crippen MR) is 115 cm³/mol. The average Bonchev–Trinajstić information content (AvgIpc) is 3.18. The molecule has 8 heteroatoms. The molecule has 0 spiro atoms. The molecule has 2 N–H and O–H groups in total. The van der Waals surface area contributed by atoms with Gasteiger partial charge in [0.2, 0.25) is 0 Å². The molecule has 0 saturated carbocycles. The number of hydrogen-bond acceptors (Lipinski definition) is 5. The molecule has 1 aromatic heterocycles. The van der Waals surface area contributed by atoms with E-state index in [1.807, 2.05) is 12.1 Å². The summed E-state index contributed by atoms with van der Waals surface area (Å²) in [5.41, 5.74) is 7.35. The maximum atomic E-state index is 11.8. The van der Waals surface area contributed by atoms with E-state index in [2.05, 4.69) is 34.0 Å². The van der Waals surface area contributed by atoms with Crippen molar-refractivity contribution in [3.8, 4) is 5.75 Å². The first-order chi connectivity index (χ1) is 12.6. The second-order valence-corrected chi connectivity index (χ2v) is 7.23. The Morgan fingerprint density at radius 1 is 1.14 bits per heavy atom. The first-order valence-corrected chi connectivity index (χ1v) is 8.92. The molecule has 3 atom stereocenters. The SMILES string of the molecule is COc1ccc([C@H]2[C@@H]3CN(c4ncccc4C(N)=O)C[C@@H]3CN2C)cc1.Cl.Cl. The van der Waals surface area contributed by atoms with Crippen LogP contribution in [0.2, 0.25) is 0 Å². The van der Waals surface area contributed by atoms with E-state index in [9.17, 15) is 4.79 Å². The van der Waals surface area contributed by atoms with Crippen LogP contribution in [0.3, 0.4) is 0 Å². The first-order valence-electron chi connectivity index (χ1n) is 8.92. The Labute approximate surface area is 177 Å². The Bertz CT molecular complexity index is 818. The number of benzene rings is 1. The van der Waals surface area contributed by atoms with Crippen molar-refractivity contribution in [1.29, 1.82) is 0 Å². The number of carbonyl (C=O) groups is 1. The molecule has 3 heterocycles. The minimum atomic E-state index is -0.422. The molecule has 2 fully saturated rings. The van der Waals surface area contributed by atoms with Crippen LogP contribution < -0.4 is 15.4 Å². The summed E-state index contributed by atoms with van der Waals surface area (Å²) in [6.07, 6.45) is 1.73. The molecule has 0 aliphatic carbocycles. The molecule has 6 nitrogen and oxygen atoms in total. The molecule has 2 saturated heterocycles. The quantitative estimate of drug-likeness (QED) is 0.816. The van der Waals surface area contributed by atoms with Crippen LogP contribution >= 0.6 is 24.8 Å². The van der Waals surface area contributed by atoms with Crippen LogP contribution in [0.5, 0.6) is 5.75 Å². The Hall–Kier alpha value is -2.02. The fourth-order valence-electron chi connectivity index (χ4n) is 4.57. The van der Waals surface area contributed by atoms with Crippen LogP contribution in [0.1, 0.15) is 22.0 Å². The lowest BCUT2D eigenvalue weighted by molar-refractivity contribution is 0.100. The molecule has 2 aliphatic heterocycles. The number of pyridine rings is 1. The highest BCUT2D eigenvalue weighted by Gasteiger charge is 2.46. The number of rotatable bonds is 4. The molecule has 0 unspecified atom stereocenters. The normalized spacial score (nSPS) is 23.5. The standard InChI is InChI=1S/C20H24N4O2.2ClH/c1-23-10-14-11-24(20-16(19(21)25)4-3-9-22-20)12-17(14)18(23)13-5-7-15(26-2)8-6-13;;/h3-9,14,17-18H,10-12H2,1-2H3,(H2,21,25);2*1H/t14-,17+,18-;;/m0../s1. The molecule has 1 aromatic carbocycles. The smallest absolute Gasteiger partial charge is 0.252 e. The van der Waals surface area contributed by atoms with E-state index in [1.54, 1.807) is 25.4 Å². The van der Waals surface area contributed by atoms with Gasteiger partial charge in [-0.05, 0) is 42.8 Å². The van der Waals surface area contributed by atoms with E-state index in [0.29, 0.717) is 29.3 Å². The highest BCUT2D eigenvalue weighted by Crippen LogP contribution is 2.45. The van der Waals surface area contributed by atoms with Crippen molar-refractivity contribution in [2.75, 3.05) is 38.7 Å². The predicted octanol–water partition coefficient (Wildman–Crippen LogP) is 2.77. The highest BCUT2D eigenvalue weighted by atomic mass is 35.5. The summed E-state index contributed by atoms with van der Waals surface area (Å²) in [5.74, 6) is 2.21. The average molecular weight is 425 g/mol. The Kier molecular flexibility index (Phi) is 7.15. The number of fused-ring (bicyclic) bond motifs is 1. The van der Waals surface area contributed by atoms with Gasteiger partial charge in [0.1, 0.15) is 11.6 Å². The third-order valence-corrected chi connectivity index (χ3v) is 5.70. The zero-order chi connectivity index (χ0) is 18.3. The van der Waals surface area contributed by atoms with Crippen molar-refractivity contribution >= 4 is 36.5 Å². The Balaban J connectivity index is 0.00000140. The topological polar surface area (TPSA) is 71.7 Å². The summed E-state index contributed by atoms with van der Waals surface area (Å²) >= 11 is 0. The fraction of sp³-hybridized carbons (Fsp3) is 0.400. The second-order valence-electron chi connectivity index (χ2n) is 7.23. The van der Waals surface area contributed by atoms with Gasteiger partial charge in [0.25, 0.3) is 5.91 Å². The molecular formula is C20H26Cl2N4O2. The number of ether oxygens (including phenoxy) is 1. The lowest BCUT2D eigenvalue weighted by atomic mass is 9.89. The minimum Gasteiger partial charge on any atom is -0.497 e. The monoisotopic (exact) mass is 424 g/mol. The maximum Gasteiger partial charge on any atom is 0.252 e. The molecular weight excluding hydrogens is 399 g/mol. The number of hydrogen-bond donors (Lipinski definition) is 1. The largest absolute Gasteiger partial charge is 0.497 e. The molecule has 2 aliphatic rings. The van der Waals surface area contributed by atoms with E-state index >= 15 is 0 Å². The molecule has 152 valence electrons. The van der Waals surface area contributed by atoms with Crippen LogP contribution in [0.25, 0.3) is 0 Å². The number of carbonyl (C=O) groups excluding carboxylic acids is 1. The van der Waals surface area contributed by atoms with Gasteiger partial charge in [-0.25, -0.2) is 4.98 Å². The summed E-state index contributed by atoms with van der Waals surface area (Å²) in [6, 6.07) is 12.2. The number of primary amides is 1. The van der Waals surface area contributed by atoms with Crippen molar-refractivity contribution in [2.45, 2.75) is 6.04 Å². The second kappa shape index (κ2) is 8.99. The van der Waals surface area contributed by atoms with Gasteiger partial charge in [0.05, 0.1) is 12.7 Å². The van der Waals surface area contributed by atoms with Crippen LogP contribution in [0, 0.1) is 11.8 Å². The van der Waals surface area contributed by atoms with Gasteiger partial charge in [0, 0.05) is 37.8 Å². The third kappa shape index (κ3) is 3.90. The van der Waals surface area contributed by atoms with Gasteiger partial charge in [-0.2, -0.15) is 0 Å². The number of nitrogens with two attached hydrogens (primary N) is 1. The van der Waals surface area contributed by atoms with Crippen LogP contribution in [0.15, 0.2) is 42.6 Å². The summed E-state index contributed by atoms with van der Waals surface area (Å²) in [5, 5.41) is 0. The summed E-state index contributed by atoms with van der Waals surface area (Å²) < 4.78 is 5.28. The van der Waals surface area contributed by atoms with Crippen molar-refractivity contribution in [3.05, 3.63) is 53.7 Å². The van der Waals surface area contributed by atoms with Crippen molar-refractivity contribution in [3.63, 3.8) is 0 Å². The molecule has 1 amide bonds. The Morgan fingerprint density at radius 3 is 2.50 bits per heavy atom. The Morgan fingerprint density at radius 2 is 1.86 bits per heavy atom. The molecule has 0 bridgehead atoms. The van der Waals surface area contributed by atoms with E-state index in [4.69, 9.17) is 10.5 Å². The molecule has 2 aromatic rings. The van der Waals surface area contributed by atoms with E-state index in [0.717, 1.165) is 25.4 Å². The molecule has 4 rings (SSSR count). The minimum absolute atomic E-state index is 0. The number of methoxy groups -OCH3 is 1. The van der Waals surface area contributed by atoms with Gasteiger partial charge < -0.3 is 15.4 Å². The van der Waals surface area contributed by atoms with Crippen LogP contribution in [-0.4, -0.2) is 49.6 Å². The fourth-order valence-corrected chi connectivity index (χ4v) is 4.57. The zero-order valence-corrected chi connectivity index (χ0v) is 17.6. The number of amides is 1. The summed E-state index contributed by atoms with van der Waals surface area (Å²) in [4.78, 5) is 20.9. The third-order valence-electron chi connectivity index (χ3n) is 5.70. The molecule has 28 heavy (non-hydrogen) atoms. The number of nitrogens with zero attached hydrogens (tertiary/aromatic N) is 3. The van der Waals surface area contributed by atoms with Gasteiger partial charge in [0.15, 0.2) is 0 Å². The van der Waals surface area contributed by atoms with Gasteiger partial charge >= 0.3 is 0 Å². The summed E-state index contributed by atoms with van der Waals surface area (Å²) in [7, 11) is 3.87. The number of halogens is 2. The van der Waals surface area contributed by atoms with Gasteiger partial charge in [-0.15, -0.1) is 24.8 Å². The maximum absolute atomic E-state index is 11.8. The van der Waals surface area contributed by atoms with Crippen LogP contribution in [-0.2, 0) is 0 Å². The lowest BCUT2D eigenvalue weighted by Crippen LogP contribution is -2.31. The number of aromatic nitrogens is 1. The molecule has 0 radical (unpaired) electrons. The van der Waals surface area contributed by atoms with E-state index in [-0.39, 0.29) is 24.8 Å². The lowest BCUT2D eigenvalue weighted by Gasteiger charge is -2.27. The first kappa shape index (κ1) is 22.3. The van der Waals surface area contributed by atoms with Crippen LogP contribution in [0.4, 0.5) is 5.82 Å². The van der Waals surface area contributed by atoms with Gasteiger partial charge in [-0.1, -0.05) is 12.1 Å². The van der Waals surface area contributed by atoms with E-state index < -0.39 is 5.91 Å². The van der Waals surface area contributed by atoms with Gasteiger partial charge in [-0.3, -0.25) is 9.69 Å². The van der Waals surface area contributed by atoms with Crippen molar-refractivity contribution in [1.82, 2.24) is 9.88 Å². The summed E-state index contributed by atoms with van der Waals surface area (Å²) in [6.45, 7) is 2.82. The van der Waals surface area contributed by atoms with Crippen molar-refractivity contribution < 1.29 is 9.53 Å². The number of anilines is 1. The zero-order valence-electron chi connectivity index (χ0n) is 15.9. The highest BCUT2D eigenvalue weighted by molar-refractivity contribution is 5.97. The number of likely N-dealkylation sites (tertiary alicyclic amines) is 1. The van der Waals surface area contributed by atoms with Crippen molar-refractivity contribution in [2.24, 2.45) is 17.6 Å².